The molecule has 1 saturated heterocycles. The van der Waals surface area contributed by atoms with Crippen LogP contribution < -0.4 is 4.90 Å². The first kappa shape index (κ1) is 20.4. The van der Waals surface area contributed by atoms with Gasteiger partial charge in [-0.1, -0.05) is 24.3 Å². The van der Waals surface area contributed by atoms with Gasteiger partial charge in [-0.15, -0.1) is 11.3 Å². The maximum Gasteiger partial charge on any atom is 0.303 e. The van der Waals surface area contributed by atoms with E-state index in [1.54, 1.807) is 11.3 Å². The first-order valence-electron chi connectivity index (χ1n) is 9.81. The number of para-hydroxylation sites is 1. The van der Waals surface area contributed by atoms with Gasteiger partial charge in [0.25, 0.3) is 0 Å². The molecule has 5 nitrogen and oxygen atoms in total. The number of benzene rings is 1. The fraction of sp³-hybridized carbons (Fsp3) is 0.455. The second-order valence-corrected chi connectivity index (χ2v) is 8.58. The number of rotatable bonds is 8. The molecule has 1 aliphatic rings. The van der Waals surface area contributed by atoms with Gasteiger partial charge in [0.05, 0.1) is 6.42 Å². The molecule has 0 unspecified atom stereocenters. The number of carboxylic acid groups (broad SMARTS) is 1. The summed E-state index contributed by atoms with van der Waals surface area (Å²) in [6.45, 7) is 2.16. The summed E-state index contributed by atoms with van der Waals surface area (Å²) >= 11 is 1.60. The van der Waals surface area contributed by atoms with Crippen LogP contribution in [-0.2, 0) is 16.0 Å². The number of thiophene rings is 1. The quantitative estimate of drug-likeness (QED) is 0.733. The molecule has 0 aliphatic carbocycles. The molecule has 1 aromatic carbocycles. The minimum absolute atomic E-state index is 0.132. The summed E-state index contributed by atoms with van der Waals surface area (Å²) in [6, 6.07) is 14.1. The Labute approximate surface area is 170 Å². The van der Waals surface area contributed by atoms with Gasteiger partial charge in [0, 0.05) is 43.7 Å². The van der Waals surface area contributed by atoms with Gasteiger partial charge in [-0.25, -0.2) is 0 Å². The molecule has 2 heterocycles. The molecule has 0 saturated carbocycles. The van der Waals surface area contributed by atoms with Crippen LogP contribution in [0.2, 0.25) is 0 Å². The number of carbonyl (C=O) groups excluding carboxylic acids is 1. The molecule has 2 atom stereocenters. The van der Waals surface area contributed by atoms with Crippen molar-refractivity contribution in [3.8, 4) is 0 Å². The summed E-state index contributed by atoms with van der Waals surface area (Å²) in [6.07, 6.45) is 2.28. The molecule has 1 N–H and O–H groups in total. The summed E-state index contributed by atoms with van der Waals surface area (Å²) in [4.78, 5) is 29.2. The molecule has 1 aromatic heterocycles. The van der Waals surface area contributed by atoms with E-state index in [4.69, 9.17) is 0 Å². The van der Waals surface area contributed by atoms with Gasteiger partial charge in [-0.3, -0.25) is 9.59 Å². The average Bonchev–Trinajstić information content (AvgIpc) is 3.20. The molecule has 0 spiro atoms. The number of aliphatic carboxylic acids is 1. The lowest BCUT2D eigenvalue weighted by atomic mass is 9.81. The van der Waals surface area contributed by atoms with E-state index in [1.165, 1.54) is 0 Å². The van der Waals surface area contributed by atoms with Crippen LogP contribution in [0.3, 0.4) is 0 Å². The summed E-state index contributed by atoms with van der Waals surface area (Å²) < 4.78 is 0. The van der Waals surface area contributed by atoms with Gasteiger partial charge in [0.15, 0.2) is 0 Å². The second kappa shape index (κ2) is 9.73. The highest BCUT2D eigenvalue weighted by Gasteiger charge is 2.32. The molecule has 6 heteroatoms. The topological polar surface area (TPSA) is 60.9 Å². The van der Waals surface area contributed by atoms with Crippen molar-refractivity contribution in [2.45, 2.75) is 25.7 Å². The van der Waals surface area contributed by atoms with Gasteiger partial charge in [0.2, 0.25) is 5.91 Å². The Morgan fingerprint density at radius 1 is 1.18 bits per heavy atom. The Morgan fingerprint density at radius 3 is 2.64 bits per heavy atom. The molecule has 150 valence electrons. The average molecular weight is 401 g/mol. The molecule has 28 heavy (non-hydrogen) atoms. The predicted octanol–water partition coefficient (Wildman–Crippen LogP) is 3.76. The zero-order valence-electron chi connectivity index (χ0n) is 16.3. The van der Waals surface area contributed by atoms with Crippen molar-refractivity contribution in [2.75, 3.05) is 31.6 Å². The molecule has 0 radical (unpaired) electrons. The summed E-state index contributed by atoms with van der Waals surface area (Å²) in [5.41, 5.74) is 1.15. The minimum Gasteiger partial charge on any atom is -0.481 e. The van der Waals surface area contributed by atoms with E-state index in [9.17, 15) is 14.7 Å². The number of anilines is 1. The normalized spacial score (nSPS) is 19.4. The van der Waals surface area contributed by atoms with Crippen molar-refractivity contribution in [1.29, 1.82) is 0 Å². The molecule has 1 aliphatic heterocycles. The van der Waals surface area contributed by atoms with Gasteiger partial charge in [-0.2, -0.15) is 0 Å². The number of carboxylic acids is 1. The zero-order chi connectivity index (χ0) is 19.9. The van der Waals surface area contributed by atoms with E-state index in [0.29, 0.717) is 19.5 Å². The maximum absolute atomic E-state index is 12.7. The third-order valence-corrected chi connectivity index (χ3v) is 6.50. The Morgan fingerprint density at radius 2 is 1.96 bits per heavy atom. The number of amides is 1. The van der Waals surface area contributed by atoms with Gasteiger partial charge in [0.1, 0.15) is 0 Å². The van der Waals surface area contributed by atoms with E-state index in [0.717, 1.165) is 30.0 Å². The minimum atomic E-state index is -0.746. The van der Waals surface area contributed by atoms with Crippen LogP contribution in [-0.4, -0.2) is 48.6 Å². The van der Waals surface area contributed by atoms with Gasteiger partial charge >= 0.3 is 5.97 Å². The third kappa shape index (κ3) is 5.58. The third-order valence-electron chi connectivity index (χ3n) is 5.62. The number of hydrogen-bond donors (Lipinski definition) is 1. The SMILES string of the molecule is CN(CC[C@@H]1CN(C(=O)Cc2cccs2)CC[C@H]1CC(=O)O)c1ccccc1. The molecule has 1 amide bonds. The Hall–Kier alpha value is -2.34. The van der Waals surface area contributed by atoms with Crippen LogP contribution in [0.5, 0.6) is 0 Å². The largest absolute Gasteiger partial charge is 0.481 e. The number of carbonyl (C=O) groups is 2. The molecule has 3 rings (SSSR count). The number of hydrogen-bond acceptors (Lipinski definition) is 4. The summed E-state index contributed by atoms with van der Waals surface area (Å²) in [5.74, 6) is -0.252. The first-order chi connectivity index (χ1) is 13.5. The lowest BCUT2D eigenvalue weighted by Gasteiger charge is -2.39. The smallest absolute Gasteiger partial charge is 0.303 e. The van der Waals surface area contributed by atoms with Crippen LogP contribution in [0.1, 0.15) is 24.1 Å². The molecular weight excluding hydrogens is 372 g/mol. The lowest BCUT2D eigenvalue weighted by molar-refractivity contribution is -0.139. The Bertz CT molecular complexity index is 763. The van der Waals surface area contributed by atoms with Gasteiger partial charge < -0.3 is 14.9 Å². The van der Waals surface area contributed by atoms with E-state index in [2.05, 4.69) is 24.1 Å². The Balaban J connectivity index is 1.61. The first-order valence-corrected chi connectivity index (χ1v) is 10.7. The van der Waals surface area contributed by atoms with Crippen molar-refractivity contribution in [2.24, 2.45) is 11.8 Å². The van der Waals surface area contributed by atoms with Crippen molar-refractivity contribution >= 4 is 28.9 Å². The molecule has 2 aromatic rings. The van der Waals surface area contributed by atoms with Crippen LogP contribution in [0.4, 0.5) is 5.69 Å². The lowest BCUT2D eigenvalue weighted by Crippen LogP contribution is -2.45. The second-order valence-electron chi connectivity index (χ2n) is 7.55. The highest BCUT2D eigenvalue weighted by Crippen LogP contribution is 2.30. The fourth-order valence-corrected chi connectivity index (χ4v) is 4.67. The standard InChI is InChI=1S/C22H28N2O3S/c1-23(19-6-3-2-4-7-19)11-9-18-16-24(12-10-17(18)14-22(26)27)21(25)15-20-8-5-13-28-20/h2-8,13,17-18H,9-12,14-16H2,1H3,(H,26,27)/t17-,18+/m0/s1. The highest BCUT2D eigenvalue weighted by atomic mass is 32.1. The summed E-state index contributed by atoms with van der Waals surface area (Å²) in [7, 11) is 2.06. The van der Waals surface area contributed by atoms with Crippen LogP contribution in [0.15, 0.2) is 47.8 Å². The van der Waals surface area contributed by atoms with Crippen molar-refractivity contribution in [3.05, 3.63) is 52.7 Å². The maximum atomic E-state index is 12.7. The van der Waals surface area contributed by atoms with E-state index >= 15 is 0 Å². The number of piperidine rings is 1. The van der Waals surface area contributed by atoms with E-state index < -0.39 is 5.97 Å². The monoisotopic (exact) mass is 400 g/mol. The van der Waals surface area contributed by atoms with Gasteiger partial charge in [-0.05, 0) is 48.3 Å². The van der Waals surface area contributed by atoms with Crippen LogP contribution in [0, 0.1) is 11.8 Å². The zero-order valence-corrected chi connectivity index (χ0v) is 17.1. The van der Waals surface area contributed by atoms with Crippen molar-refractivity contribution in [3.63, 3.8) is 0 Å². The van der Waals surface area contributed by atoms with E-state index in [-0.39, 0.29) is 24.2 Å². The summed E-state index contributed by atoms with van der Waals surface area (Å²) in [5, 5.41) is 11.3. The Kier molecular flexibility index (Phi) is 7.09. The van der Waals surface area contributed by atoms with Crippen molar-refractivity contribution < 1.29 is 14.7 Å². The predicted molar refractivity (Wildman–Crippen MR) is 113 cm³/mol. The number of nitrogens with zero attached hydrogens (tertiary/aromatic N) is 2. The highest BCUT2D eigenvalue weighted by molar-refractivity contribution is 7.10. The molecule has 0 bridgehead atoms. The number of likely N-dealkylation sites (tertiary alicyclic amines) is 1. The fourth-order valence-electron chi connectivity index (χ4n) is 3.97. The molecule has 1 fully saturated rings. The van der Waals surface area contributed by atoms with E-state index in [1.807, 2.05) is 40.6 Å². The molecular formula is C22H28N2O3S. The van der Waals surface area contributed by atoms with Crippen LogP contribution >= 0.6 is 11.3 Å². The van der Waals surface area contributed by atoms with Crippen molar-refractivity contribution in [1.82, 2.24) is 4.90 Å². The van der Waals surface area contributed by atoms with Crippen LogP contribution in [0.25, 0.3) is 0 Å².